The number of halogens is 3. The molecule has 1 unspecified atom stereocenters. The average Bonchev–Trinajstić information content (AvgIpc) is 2.03. The summed E-state index contributed by atoms with van der Waals surface area (Å²) in [5, 5.41) is 8.78. The van der Waals surface area contributed by atoms with Crippen molar-refractivity contribution < 1.29 is 18.3 Å². The summed E-state index contributed by atoms with van der Waals surface area (Å²) < 4.78 is 35.8. The van der Waals surface area contributed by atoms with Gasteiger partial charge in [-0.2, -0.15) is 13.2 Å². The summed E-state index contributed by atoms with van der Waals surface area (Å²) in [6.07, 6.45) is -1.34. The highest BCUT2D eigenvalue weighted by Gasteiger charge is 2.40. The zero-order chi connectivity index (χ0) is 9.19. The number of allylic oxidation sites excluding steroid dienone is 3. The van der Waals surface area contributed by atoms with Gasteiger partial charge in [0.15, 0.2) is 6.10 Å². The highest BCUT2D eigenvalue weighted by Crippen LogP contribution is 2.28. The highest BCUT2D eigenvalue weighted by molar-refractivity contribution is 5.19. The quantitative estimate of drug-likeness (QED) is 0.610. The molecule has 0 spiro atoms. The fraction of sp³-hybridized carbons (Fsp3) is 0.500. The van der Waals surface area contributed by atoms with E-state index in [0.29, 0.717) is 6.42 Å². The molecule has 0 amide bonds. The van der Waals surface area contributed by atoms with Gasteiger partial charge in [0.2, 0.25) is 0 Å². The largest absolute Gasteiger partial charge is 0.418 e. The number of alkyl halides is 3. The maximum Gasteiger partial charge on any atom is 0.418 e. The van der Waals surface area contributed by atoms with E-state index in [9.17, 15) is 13.2 Å². The molecule has 0 heterocycles. The van der Waals surface area contributed by atoms with E-state index >= 15 is 0 Å². The van der Waals surface area contributed by atoms with E-state index in [-0.39, 0.29) is 12.0 Å². The Morgan fingerprint density at radius 3 is 2.42 bits per heavy atom. The number of aliphatic hydroxyl groups excluding tert-OH is 1. The van der Waals surface area contributed by atoms with Gasteiger partial charge in [-0.3, -0.25) is 0 Å². The van der Waals surface area contributed by atoms with Gasteiger partial charge >= 0.3 is 6.18 Å². The van der Waals surface area contributed by atoms with Crippen LogP contribution in [0.2, 0.25) is 0 Å². The SMILES string of the molecule is OC(C1=CCC=CC1)C(F)(F)F. The summed E-state index contributed by atoms with van der Waals surface area (Å²) in [6.45, 7) is 0. The van der Waals surface area contributed by atoms with Crippen molar-refractivity contribution in [2.45, 2.75) is 25.1 Å². The summed E-state index contributed by atoms with van der Waals surface area (Å²) in [6, 6.07) is 0. The molecular weight excluding hydrogens is 169 g/mol. The molecule has 1 nitrogen and oxygen atoms in total. The van der Waals surface area contributed by atoms with Crippen LogP contribution in [0, 0.1) is 0 Å². The molecule has 0 aliphatic heterocycles. The van der Waals surface area contributed by atoms with Crippen molar-refractivity contribution in [3.8, 4) is 0 Å². The molecule has 0 aromatic heterocycles. The molecule has 0 fully saturated rings. The fourth-order valence-electron chi connectivity index (χ4n) is 1.05. The van der Waals surface area contributed by atoms with Gasteiger partial charge in [0, 0.05) is 0 Å². The van der Waals surface area contributed by atoms with Gasteiger partial charge in [0.05, 0.1) is 0 Å². The van der Waals surface area contributed by atoms with Crippen molar-refractivity contribution in [3.05, 3.63) is 23.8 Å². The first-order valence-electron chi connectivity index (χ1n) is 3.60. The van der Waals surface area contributed by atoms with Crippen LogP contribution in [0.3, 0.4) is 0 Å². The van der Waals surface area contributed by atoms with Crippen LogP contribution in [-0.4, -0.2) is 17.4 Å². The molecule has 68 valence electrons. The molecule has 0 bridgehead atoms. The first-order valence-corrected chi connectivity index (χ1v) is 3.60. The Bertz CT molecular complexity index is 215. The summed E-state index contributed by atoms with van der Waals surface area (Å²) in [7, 11) is 0. The van der Waals surface area contributed by atoms with Gasteiger partial charge in [-0.15, -0.1) is 0 Å². The van der Waals surface area contributed by atoms with E-state index in [1.54, 1.807) is 12.2 Å². The van der Waals surface area contributed by atoms with Crippen LogP contribution in [0.25, 0.3) is 0 Å². The Balaban J connectivity index is 2.64. The second-order valence-corrected chi connectivity index (χ2v) is 2.63. The van der Waals surface area contributed by atoms with Crippen molar-refractivity contribution in [3.63, 3.8) is 0 Å². The molecule has 1 aliphatic carbocycles. The average molecular weight is 178 g/mol. The maximum atomic E-state index is 11.9. The third kappa shape index (κ3) is 2.11. The Kier molecular flexibility index (Phi) is 2.57. The minimum absolute atomic E-state index is 0.0463. The van der Waals surface area contributed by atoms with Crippen molar-refractivity contribution in [1.82, 2.24) is 0 Å². The standard InChI is InChI=1S/C8H9F3O/c9-8(10,11)7(12)6-4-2-1-3-5-6/h1-2,5,7,12H,3-4H2. The van der Waals surface area contributed by atoms with Crippen molar-refractivity contribution in [1.29, 1.82) is 0 Å². The normalized spacial score (nSPS) is 20.5. The molecule has 12 heavy (non-hydrogen) atoms. The predicted molar refractivity (Wildman–Crippen MR) is 38.5 cm³/mol. The van der Waals surface area contributed by atoms with Crippen molar-refractivity contribution in [2.75, 3.05) is 0 Å². The van der Waals surface area contributed by atoms with Gasteiger partial charge in [-0.1, -0.05) is 18.2 Å². The van der Waals surface area contributed by atoms with Gasteiger partial charge in [0.1, 0.15) is 0 Å². The lowest BCUT2D eigenvalue weighted by Gasteiger charge is -2.18. The molecule has 0 aromatic carbocycles. The summed E-state index contributed by atoms with van der Waals surface area (Å²) >= 11 is 0. The van der Waals surface area contributed by atoms with Crippen LogP contribution < -0.4 is 0 Å². The third-order valence-corrected chi connectivity index (χ3v) is 1.70. The van der Waals surface area contributed by atoms with Gasteiger partial charge in [-0.25, -0.2) is 0 Å². The summed E-state index contributed by atoms with van der Waals surface area (Å²) in [5.41, 5.74) is 0.0463. The van der Waals surface area contributed by atoms with E-state index in [2.05, 4.69) is 0 Å². The Labute approximate surface area is 68.2 Å². The third-order valence-electron chi connectivity index (χ3n) is 1.70. The van der Waals surface area contributed by atoms with Crippen molar-refractivity contribution in [2.24, 2.45) is 0 Å². The molecule has 0 saturated heterocycles. The van der Waals surface area contributed by atoms with E-state index in [1.165, 1.54) is 6.08 Å². The number of aliphatic hydroxyl groups is 1. The summed E-state index contributed by atoms with van der Waals surface area (Å²) in [5.74, 6) is 0. The lowest BCUT2D eigenvalue weighted by atomic mass is 10.0. The monoisotopic (exact) mass is 178 g/mol. The van der Waals surface area contributed by atoms with Crippen LogP contribution in [0.15, 0.2) is 23.8 Å². The smallest absolute Gasteiger partial charge is 0.379 e. The topological polar surface area (TPSA) is 20.2 Å². The van der Waals surface area contributed by atoms with Gasteiger partial charge in [-0.05, 0) is 18.4 Å². The molecule has 0 radical (unpaired) electrons. The Morgan fingerprint density at radius 2 is 2.00 bits per heavy atom. The van der Waals surface area contributed by atoms with E-state index in [1.807, 2.05) is 0 Å². The van der Waals surface area contributed by atoms with E-state index in [0.717, 1.165) is 0 Å². The second-order valence-electron chi connectivity index (χ2n) is 2.63. The zero-order valence-electron chi connectivity index (χ0n) is 6.30. The molecule has 1 rings (SSSR count). The Hall–Kier alpha value is -0.770. The highest BCUT2D eigenvalue weighted by atomic mass is 19.4. The molecule has 1 atom stereocenters. The second kappa shape index (κ2) is 3.31. The van der Waals surface area contributed by atoms with Gasteiger partial charge in [0.25, 0.3) is 0 Å². The number of hydrogen-bond donors (Lipinski definition) is 1. The molecule has 0 aromatic rings. The lowest BCUT2D eigenvalue weighted by Crippen LogP contribution is -2.30. The minimum Gasteiger partial charge on any atom is -0.379 e. The minimum atomic E-state index is -4.53. The maximum absolute atomic E-state index is 11.9. The lowest BCUT2D eigenvalue weighted by molar-refractivity contribution is -0.191. The molecular formula is C8H9F3O. The predicted octanol–water partition coefficient (Wildman–Crippen LogP) is 2.19. The molecule has 0 saturated carbocycles. The van der Waals surface area contributed by atoms with Crippen LogP contribution in [0.5, 0.6) is 0 Å². The van der Waals surface area contributed by atoms with Crippen LogP contribution >= 0.6 is 0 Å². The Morgan fingerprint density at radius 1 is 1.33 bits per heavy atom. The zero-order valence-corrected chi connectivity index (χ0v) is 6.30. The summed E-state index contributed by atoms with van der Waals surface area (Å²) in [4.78, 5) is 0. The molecule has 1 N–H and O–H groups in total. The first kappa shape index (κ1) is 9.32. The van der Waals surface area contributed by atoms with E-state index in [4.69, 9.17) is 5.11 Å². The van der Waals surface area contributed by atoms with Crippen LogP contribution in [0.4, 0.5) is 13.2 Å². The number of rotatable bonds is 1. The number of hydrogen-bond acceptors (Lipinski definition) is 1. The van der Waals surface area contributed by atoms with E-state index < -0.39 is 12.3 Å². The van der Waals surface area contributed by atoms with Crippen molar-refractivity contribution >= 4 is 0 Å². The van der Waals surface area contributed by atoms with Crippen LogP contribution in [0.1, 0.15) is 12.8 Å². The molecule has 1 aliphatic rings. The fourth-order valence-corrected chi connectivity index (χ4v) is 1.05. The first-order chi connectivity index (χ1) is 5.52. The molecule has 4 heteroatoms. The van der Waals surface area contributed by atoms with Crippen LogP contribution in [-0.2, 0) is 0 Å². The van der Waals surface area contributed by atoms with Gasteiger partial charge < -0.3 is 5.11 Å².